The monoisotopic (exact) mass is 302 g/mol. The summed E-state index contributed by atoms with van der Waals surface area (Å²) < 4.78 is 5.51. The lowest BCUT2D eigenvalue weighted by atomic mass is 9.98. The fourth-order valence-corrected chi connectivity index (χ4v) is 2.39. The highest BCUT2D eigenvalue weighted by atomic mass is 32.1. The van der Waals surface area contributed by atoms with Gasteiger partial charge in [-0.15, -0.1) is 0 Å². The minimum Gasteiger partial charge on any atom is -0.464 e. The van der Waals surface area contributed by atoms with Crippen molar-refractivity contribution in [3.63, 3.8) is 0 Å². The van der Waals surface area contributed by atoms with E-state index in [0.29, 0.717) is 5.76 Å². The number of thiocarbonyl (C=S) groups is 1. The van der Waals surface area contributed by atoms with Gasteiger partial charge in [-0.05, 0) is 31.5 Å². The smallest absolute Gasteiger partial charge is 0.235 e. The van der Waals surface area contributed by atoms with E-state index in [1.807, 2.05) is 56.3 Å². The van der Waals surface area contributed by atoms with Crippen LogP contribution in [0.1, 0.15) is 36.0 Å². The predicted molar refractivity (Wildman–Crippen MR) is 86.0 cm³/mol. The Kier molecular flexibility index (Phi) is 4.75. The summed E-state index contributed by atoms with van der Waals surface area (Å²) in [5.74, 6) is 0.644. The van der Waals surface area contributed by atoms with Gasteiger partial charge in [0.15, 0.2) is 0 Å². The van der Waals surface area contributed by atoms with Gasteiger partial charge in [0, 0.05) is 0 Å². The Balaban J connectivity index is 2.15. The van der Waals surface area contributed by atoms with Crippen LogP contribution in [0.25, 0.3) is 0 Å². The van der Waals surface area contributed by atoms with E-state index in [1.165, 1.54) is 0 Å². The van der Waals surface area contributed by atoms with Crippen LogP contribution < -0.4 is 11.1 Å². The van der Waals surface area contributed by atoms with Crippen LogP contribution >= 0.6 is 12.2 Å². The van der Waals surface area contributed by atoms with Gasteiger partial charge in [0.2, 0.25) is 5.91 Å². The first-order valence-electron chi connectivity index (χ1n) is 6.70. The van der Waals surface area contributed by atoms with Gasteiger partial charge in [0.25, 0.3) is 0 Å². The van der Waals surface area contributed by atoms with Crippen molar-refractivity contribution < 1.29 is 9.21 Å². The largest absolute Gasteiger partial charge is 0.464 e. The van der Waals surface area contributed by atoms with E-state index in [4.69, 9.17) is 22.4 Å². The van der Waals surface area contributed by atoms with Gasteiger partial charge in [-0.1, -0.05) is 42.5 Å². The number of carbonyl (C=O) groups excluding carboxylic acids is 1. The zero-order valence-corrected chi connectivity index (χ0v) is 12.8. The van der Waals surface area contributed by atoms with Crippen molar-refractivity contribution in [3.05, 3.63) is 59.5 Å². The molecule has 4 nitrogen and oxygen atoms in total. The Morgan fingerprint density at radius 2 is 1.90 bits per heavy atom. The van der Waals surface area contributed by atoms with E-state index in [0.717, 1.165) is 11.3 Å². The highest BCUT2D eigenvalue weighted by Crippen LogP contribution is 2.20. The second-order valence-corrected chi connectivity index (χ2v) is 5.40. The quantitative estimate of drug-likeness (QED) is 0.833. The Morgan fingerprint density at radius 1 is 1.24 bits per heavy atom. The van der Waals surface area contributed by atoms with Crippen molar-refractivity contribution in [2.24, 2.45) is 5.73 Å². The topological polar surface area (TPSA) is 68.3 Å². The summed E-state index contributed by atoms with van der Waals surface area (Å²) in [5.41, 5.74) is 6.52. The molecule has 21 heavy (non-hydrogen) atoms. The number of nitrogens with one attached hydrogen (secondary N) is 1. The van der Waals surface area contributed by atoms with Crippen molar-refractivity contribution in [2.75, 3.05) is 0 Å². The average molecular weight is 302 g/mol. The summed E-state index contributed by atoms with van der Waals surface area (Å²) >= 11 is 5.04. The summed E-state index contributed by atoms with van der Waals surface area (Å²) in [5, 5.41) is 2.89. The summed E-state index contributed by atoms with van der Waals surface area (Å²) in [6, 6.07) is 12.7. The van der Waals surface area contributed by atoms with Crippen LogP contribution in [0.3, 0.4) is 0 Å². The van der Waals surface area contributed by atoms with Crippen molar-refractivity contribution in [3.8, 4) is 0 Å². The number of nitrogens with two attached hydrogens (primary N) is 1. The lowest BCUT2D eigenvalue weighted by molar-refractivity contribution is -0.121. The molecule has 5 heteroatoms. The third-order valence-corrected chi connectivity index (χ3v) is 3.46. The highest BCUT2D eigenvalue weighted by molar-refractivity contribution is 7.80. The second-order valence-electron chi connectivity index (χ2n) is 4.92. The summed E-state index contributed by atoms with van der Waals surface area (Å²) in [4.78, 5) is 12.6. The zero-order chi connectivity index (χ0) is 15.4. The Hall–Kier alpha value is -2.14. The molecule has 1 aromatic carbocycles. The van der Waals surface area contributed by atoms with Crippen LogP contribution in [-0.4, -0.2) is 10.9 Å². The summed E-state index contributed by atoms with van der Waals surface area (Å²) in [6.45, 7) is 3.72. The Bertz CT molecular complexity index is 637. The maximum atomic E-state index is 12.5. The molecule has 0 bridgehead atoms. The summed E-state index contributed by atoms with van der Waals surface area (Å²) in [7, 11) is 0. The molecule has 1 amide bonds. The predicted octanol–water partition coefficient (Wildman–Crippen LogP) is 2.84. The standard InChI is InChI=1S/C16H18N2O2S/c1-10-8-9-13(20-10)11(2)18-16(19)14(15(17)21)12-6-4-3-5-7-12/h3-9,11,14H,1-2H3,(H2,17,21)(H,18,19). The number of aryl methyl sites for hydroxylation is 1. The van der Waals surface area contributed by atoms with E-state index < -0.39 is 5.92 Å². The molecule has 110 valence electrons. The van der Waals surface area contributed by atoms with E-state index in [-0.39, 0.29) is 16.9 Å². The van der Waals surface area contributed by atoms with Crippen molar-refractivity contribution in [2.45, 2.75) is 25.8 Å². The summed E-state index contributed by atoms with van der Waals surface area (Å²) in [6.07, 6.45) is 0. The van der Waals surface area contributed by atoms with Crippen LogP contribution in [0, 0.1) is 6.92 Å². The third-order valence-electron chi connectivity index (χ3n) is 3.23. The molecule has 0 aliphatic heterocycles. The minimum atomic E-state index is -0.639. The molecule has 2 aromatic rings. The normalized spacial score (nSPS) is 13.4. The van der Waals surface area contributed by atoms with Crippen LogP contribution in [0.15, 0.2) is 46.9 Å². The van der Waals surface area contributed by atoms with Crippen LogP contribution in [0.4, 0.5) is 0 Å². The molecule has 0 saturated heterocycles. The first-order chi connectivity index (χ1) is 9.99. The molecule has 0 saturated carbocycles. The van der Waals surface area contributed by atoms with Crippen molar-refractivity contribution in [1.29, 1.82) is 0 Å². The molecule has 0 fully saturated rings. The van der Waals surface area contributed by atoms with Crippen molar-refractivity contribution >= 4 is 23.1 Å². The number of amides is 1. The Labute approximate surface area is 129 Å². The third kappa shape index (κ3) is 3.70. The van der Waals surface area contributed by atoms with Crippen molar-refractivity contribution in [1.82, 2.24) is 5.32 Å². The number of hydrogen-bond acceptors (Lipinski definition) is 3. The molecule has 0 aliphatic rings. The van der Waals surface area contributed by atoms with Crippen LogP contribution in [-0.2, 0) is 4.79 Å². The maximum Gasteiger partial charge on any atom is 0.235 e. The maximum absolute atomic E-state index is 12.5. The Morgan fingerprint density at radius 3 is 2.43 bits per heavy atom. The van der Waals surface area contributed by atoms with Crippen LogP contribution in [0.5, 0.6) is 0 Å². The molecule has 0 aliphatic carbocycles. The van der Waals surface area contributed by atoms with Gasteiger partial charge < -0.3 is 15.5 Å². The van der Waals surface area contributed by atoms with Gasteiger partial charge in [0.1, 0.15) is 17.4 Å². The second kappa shape index (κ2) is 6.54. The molecule has 2 unspecified atom stereocenters. The van der Waals surface area contributed by atoms with E-state index >= 15 is 0 Å². The molecular weight excluding hydrogens is 284 g/mol. The molecular formula is C16H18N2O2S. The molecule has 3 N–H and O–H groups in total. The van der Waals surface area contributed by atoms with E-state index in [9.17, 15) is 4.79 Å². The van der Waals surface area contributed by atoms with E-state index in [1.54, 1.807) is 0 Å². The number of carbonyl (C=O) groups is 1. The van der Waals surface area contributed by atoms with Gasteiger partial charge >= 0.3 is 0 Å². The van der Waals surface area contributed by atoms with Gasteiger partial charge in [-0.3, -0.25) is 4.79 Å². The average Bonchev–Trinajstić information content (AvgIpc) is 2.86. The molecule has 1 aromatic heterocycles. The first-order valence-corrected chi connectivity index (χ1v) is 7.11. The number of rotatable bonds is 5. The highest BCUT2D eigenvalue weighted by Gasteiger charge is 2.25. The molecule has 2 atom stereocenters. The van der Waals surface area contributed by atoms with Crippen LogP contribution in [0.2, 0.25) is 0 Å². The molecule has 2 rings (SSSR count). The SMILES string of the molecule is Cc1ccc(C(C)NC(=O)C(C(N)=S)c2ccccc2)o1. The number of furan rings is 1. The first kappa shape index (κ1) is 15.3. The molecule has 0 spiro atoms. The van der Waals surface area contributed by atoms with Gasteiger partial charge in [-0.2, -0.15) is 0 Å². The molecule has 0 radical (unpaired) electrons. The van der Waals surface area contributed by atoms with Gasteiger partial charge in [0.05, 0.1) is 11.0 Å². The fourth-order valence-electron chi connectivity index (χ4n) is 2.14. The lowest BCUT2D eigenvalue weighted by Crippen LogP contribution is -2.37. The number of benzene rings is 1. The zero-order valence-electron chi connectivity index (χ0n) is 12.0. The molecule has 1 heterocycles. The van der Waals surface area contributed by atoms with E-state index in [2.05, 4.69) is 5.32 Å². The fraction of sp³-hybridized carbons (Fsp3) is 0.250. The van der Waals surface area contributed by atoms with Gasteiger partial charge in [-0.25, -0.2) is 0 Å². The minimum absolute atomic E-state index is 0.154. The number of hydrogen-bond donors (Lipinski definition) is 2. The lowest BCUT2D eigenvalue weighted by Gasteiger charge is -2.18.